The Balaban J connectivity index is 1.44. The first-order chi connectivity index (χ1) is 15.1. The Bertz CT molecular complexity index is 1150. The number of ether oxygens (including phenoxy) is 1. The number of rotatable bonds is 2. The molecule has 6 rings (SSSR count). The third-order valence-corrected chi connectivity index (χ3v) is 7.32. The first-order valence-corrected chi connectivity index (χ1v) is 11.5. The fourth-order valence-electron chi connectivity index (χ4n) is 5.59. The zero-order valence-electron chi connectivity index (χ0n) is 18.3. The number of benzene rings is 3. The molecule has 1 unspecified atom stereocenters. The van der Waals surface area contributed by atoms with Crippen molar-refractivity contribution in [3.8, 4) is 5.75 Å². The van der Waals surface area contributed by atoms with E-state index in [2.05, 4.69) is 90.5 Å². The molecule has 0 bridgehead atoms. The van der Waals surface area contributed by atoms with Crippen LogP contribution in [-0.2, 0) is 0 Å². The predicted octanol–water partition coefficient (Wildman–Crippen LogP) is 5.58. The molecule has 1 saturated heterocycles. The second-order valence-electron chi connectivity index (χ2n) is 9.35. The zero-order chi connectivity index (χ0) is 21.0. The van der Waals surface area contributed by atoms with Gasteiger partial charge in [0.2, 0.25) is 5.72 Å². The summed E-state index contributed by atoms with van der Waals surface area (Å²) in [6.45, 7) is 6.65. The summed E-state index contributed by atoms with van der Waals surface area (Å²) < 4.78 is 6.77. The van der Waals surface area contributed by atoms with E-state index in [1.807, 2.05) is 0 Å². The molecule has 3 aromatic rings. The lowest BCUT2D eigenvalue weighted by atomic mass is 9.90. The Morgan fingerprint density at radius 2 is 1.68 bits per heavy atom. The molecule has 3 aliphatic heterocycles. The van der Waals surface area contributed by atoms with Gasteiger partial charge in [0.15, 0.2) is 0 Å². The summed E-state index contributed by atoms with van der Waals surface area (Å²) in [7, 11) is 0. The fourth-order valence-corrected chi connectivity index (χ4v) is 5.59. The van der Waals surface area contributed by atoms with Gasteiger partial charge in [0.05, 0.1) is 11.8 Å². The van der Waals surface area contributed by atoms with Crippen LogP contribution in [-0.4, -0.2) is 40.5 Å². The van der Waals surface area contributed by atoms with Gasteiger partial charge >= 0.3 is 0 Å². The topological polar surface area (TPSA) is 28.1 Å². The molecule has 0 aliphatic carbocycles. The molecule has 0 radical (unpaired) electrons. The Morgan fingerprint density at radius 3 is 2.52 bits per heavy atom. The number of piperidine rings is 1. The Kier molecular flexibility index (Phi) is 4.32. The van der Waals surface area contributed by atoms with Crippen LogP contribution in [0.2, 0.25) is 0 Å². The SMILES string of the molecule is CC(C)N1CCC2(CC1)Oc1ccccc1C1CC(c3cccc4ccccc34)=NN12. The molecular formula is C27H29N3O. The maximum Gasteiger partial charge on any atom is 0.200 e. The summed E-state index contributed by atoms with van der Waals surface area (Å²) in [6, 6.07) is 24.6. The summed E-state index contributed by atoms with van der Waals surface area (Å²) in [6.07, 6.45) is 2.87. The molecule has 158 valence electrons. The zero-order valence-corrected chi connectivity index (χ0v) is 18.3. The minimum absolute atomic E-state index is 0.240. The smallest absolute Gasteiger partial charge is 0.200 e. The van der Waals surface area contributed by atoms with Gasteiger partial charge in [-0.3, -0.25) is 0 Å². The molecule has 3 aliphatic rings. The van der Waals surface area contributed by atoms with Crippen molar-refractivity contribution in [3.63, 3.8) is 0 Å². The Hall–Kier alpha value is -2.85. The van der Waals surface area contributed by atoms with E-state index in [4.69, 9.17) is 9.84 Å². The summed E-state index contributed by atoms with van der Waals surface area (Å²) in [5.41, 5.74) is 3.34. The Labute approximate surface area is 184 Å². The molecule has 0 saturated carbocycles. The molecule has 3 aromatic carbocycles. The average Bonchev–Trinajstić information content (AvgIpc) is 3.26. The minimum atomic E-state index is -0.350. The standard InChI is InChI=1S/C27H29N3O/c1-19(2)29-16-14-27(15-17-29)30-25(23-11-5-6-13-26(23)31-27)18-24(28-30)22-12-7-9-20-8-3-4-10-21(20)22/h3-13,19,25H,14-18H2,1-2H3. The quantitative estimate of drug-likeness (QED) is 0.551. The summed E-state index contributed by atoms with van der Waals surface area (Å²) in [4.78, 5) is 2.55. The predicted molar refractivity (Wildman–Crippen MR) is 125 cm³/mol. The second kappa shape index (κ2) is 7.10. The van der Waals surface area contributed by atoms with Gasteiger partial charge < -0.3 is 9.64 Å². The minimum Gasteiger partial charge on any atom is -0.466 e. The van der Waals surface area contributed by atoms with Crippen LogP contribution in [0.4, 0.5) is 0 Å². The van der Waals surface area contributed by atoms with E-state index in [1.165, 1.54) is 27.6 Å². The van der Waals surface area contributed by atoms with Crippen molar-refractivity contribution >= 4 is 16.5 Å². The number of fused-ring (bicyclic) bond motifs is 5. The second-order valence-corrected chi connectivity index (χ2v) is 9.35. The van der Waals surface area contributed by atoms with Gasteiger partial charge in [-0.15, -0.1) is 0 Å². The maximum atomic E-state index is 6.77. The van der Waals surface area contributed by atoms with Crippen LogP contribution in [0.15, 0.2) is 71.8 Å². The van der Waals surface area contributed by atoms with E-state index in [0.29, 0.717) is 6.04 Å². The van der Waals surface area contributed by atoms with Crippen LogP contribution in [0.25, 0.3) is 10.8 Å². The molecule has 31 heavy (non-hydrogen) atoms. The average molecular weight is 412 g/mol. The molecule has 1 atom stereocenters. The molecular weight excluding hydrogens is 382 g/mol. The monoisotopic (exact) mass is 411 g/mol. The van der Waals surface area contributed by atoms with Crippen molar-refractivity contribution in [1.82, 2.24) is 9.91 Å². The molecule has 0 amide bonds. The molecule has 1 fully saturated rings. The van der Waals surface area contributed by atoms with Crippen molar-refractivity contribution in [2.75, 3.05) is 13.1 Å². The number of nitrogens with zero attached hydrogens (tertiary/aromatic N) is 3. The van der Waals surface area contributed by atoms with Crippen molar-refractivity contribution in [3.05, 3.63) is 77.9 Å². The van der Waals surface area contributed by atoms with E-state index in [9.17, 15) is 0 Å². The number of para-hydroxylation sites is 1. The van der Waals surface area contributed by atoms with Crippen molar-refractivity contribution in [2.45, 2.75) is 50.9 Å². The van der Waals surface area contributed by atoms with E-state index in [1.54, 1.807) is 0 Å². The van der Waals surface area contributed by atoms with Crippen LogP contribution in [0.3, 0.4) is 0 Å². The first-order valence-electron chi connectivity index (χ1n) is 11.5. The van der Waals surface area contributed by atoms with Gasteiger partial charge in [0.1, 0.15) is 5.75 Å². The normalized spacial score (nSPS) is 22.4. The van der Waals surface area contributed by atoms with Gasteiger partial charge in [-0.05, 0) is 30.7 Å². The molecule has 0 aromatic heterocycles. The summed E-state index contributed by atoms with van der Waals surface area (Å²) in [5, 5.41) is 10.2. The van der Waals surface area contributed by atoms with E-state index >= 15 is 0 Å². The highest BCUT2D eigenvalue weighted by molar-refractivity contribution is 6.11. The van der Waals surface area contributed by atoms with Crippen molar-refractivity contribution < 1.29 is 4.74 Å². The van der Waals surface area contributed by atoms with Crippen LogP contribution < -0.4 is 4.74 Å². The molecule has 4 nitrogen and oxygen atoms in total. The number of hydrazone groups is 1. The van der Waals surface area contributed by atoms with Crippen molar-refractivity contribution in [2.24, 2.45) is 5.10 Å². The molecule has 0 N–H and O–H groups in total. The lowest BCUT2D eigenvalue weighted by Gasteiger charge is -2.51. The van der Waals surface area contributed by atoms with Crippen LogP contribution in [0.5, 0.6) is 5.75 Å². The maximum absolute atomic E-state index is 6.77. The van der Waals surface area contributed by atoms with Crippen molar-refractivity contribution in [1.29, 1.82) is 0 Å². The summed E-state index contributed by atoms with van der Waals surface area (Å²) >= 11 is 0. The highest BCUT2D eigenvalue weighted by Crippen LogP contribution is 2.50. The van der Waals surface area contributed by atoms with Crippen LogP contribution in [0.1, 0.15) is 50.3 Å². The lowest BCUT2D eigenvalue weighted by Crippen LogP contribution is -2.59. The number of likely N-dealkylation sites (tertiary alicyclic amines) is 1. The van der Waals surface area contributed by atoms with Gasteiger partial charge in [-0.25, -0.2) is 5.01 Å². The highest BCUT2D eigenvalue weighted by atomic mass is 16.5. The third-order valence-electron chi connectivity index (χ3n) is 7.32. The molecule has 1 spiro atoms. The first kappa shape index (κ1) is 18.9. The van der Waals surface area contributed by atoms with E-state index in [0.717, 1.165) is 38.1 Å². The van der Waals surface area contributed by atoms with Crippen LogP contribution >= 0.6 is 0 Å². The largest absolute Gasteiger partial charge is 0.466 e. The number of hydrogen-bond acceptors (Lipinski definition) is 4. The molecule has 3 heterocycles. The van der Waals surface area contributed by atoms with E-state index in [-0.39, 0.29) is 11.8 Å². The number of hydrogen-bond donors (Lipinski definition) is 0. The fraction of sp³-hybridized carbons (Fsp3) is 0.370. The Morgan fingerprint density at radius 1 is 0.935 bits per heavy atom. The third kappa shape index (κ3) is 2.96. The van der Waals surface area contributed by atoms with Gasteiger partial charge in [-0.2, -0.15) is 5.10 Å². The van der Waals surface area contributed by atoms with Gasteiger partial charge in [0, 0.05) is 49.5 Å². The van der Waals surface area contributed by atoms with Crippen LogP contribution in [0, 0.1) is 0 Å². The lowest BCUT2D eigenvalue weighted by molar-refractivity contribution is -0.152. The van der Waals surface area contributed by atoms with Gasteiger partial charge in [0.25, 0.3) is 0 Å². The summed E-state index contributed by atoms with van der Waals surface area (Å²) in [5.74, 6) is 1.04. The highest BCUT2D eigenvalue weighted by Gasteiger charge is 2.51. The van der Waals surface area contributed by atoms with E-state index < -0.39 is 0 Å². The van der Waals surface area contributed by atoms with Gasteiger partial charge in [-0.1, -0.05) is 60.7 Å². The molecule has 4 heteroatoms.